The van der Waals surface area contributed by atoms with Crippen molar-refractivity contribution in [2.75, 3.05) is 47.6 Å². The van der Waals surface area contributed by atoms with Gasteiger partial charge >= 0.3 is 0 Å². The van der Waals surface area contributed by atoms with Crippen LogP contribution < -0.4 is 19.6 Å². The Labute approximate surface area is 182 Å². The number of hydrazone groups is 1. The van der Waals surface area contributed by atoms with Crippen molar-refractivity contribution in [3.63, 3.8) is 0 Å². The monoisotopic (exact) mass is 427 g/mol. The van der Waals surface area contributed by atoms with Gasteiger partial charge in [0.1, 0.15) is 5.75 Å². The van der Waals surface area contributed by atoms with Crippen LogP contribution >= 0.6 is 0 Å². The number of carbonyl (C=O) groups is 1. The maximum Gasteiger partial charge on any atom is 0.271 e. The van der Waals surface area contributed by atoms with E-state index in [1.807, 2.05) is 19.1 Å². The Morgan fingerprint density at radius 1 is 0.968 bits per heavy atom. The minimum absolute atomic E-state index is 0.331. The number of nitrogens with zero attached hydrogens (tertiary/aromatic N) is 2. The van der Waals surface area contributed by atoms with Crippen LogP contribution in [0.2, 0.25) is 0 Å². The lowest BCUT2D eigenvalue weighted by Crippen LogP contribution is -2.35. The standard InChI is InChI=1S/C23H29N3O5/c1-16(24-25-23(27)18-6-8-21(29-3)22(14-18)30-4)17-5-7-20(28-2)19(13-17)15-26-9-11-31-12-10-26/h5-8,13-14H,9-12,15H2,1-4H3,(H,25,27)/b24-16-. The Balaban J connectivity index is 1.73. The van der Waals surface area contributed by atoms with Crippen molar-refractivity contribution in [3.8, 4) is 17.2 Å². The lowest BCUT2D eigenvalue weighted by molar-refractivity contribution is 0.0339. The zero-order chi connectivity index (χ0) is 22.2. The van der Waals surface area contributed by atoms with E-state index in [1.165, 1.54) is 7.11 Å². The zero-order valence-corrected chi connectivity index (χ0v) is 18.4. The van der Waals surface area contributed by atoms with Crippen LogP contribution in [0.4, 0.5) is 0 Å². The molecule has 0 bridgehead atoms. The maximum atomic E-state index is 12.5. The highest BCUT2D eigenvalue weighted by atomic mass is 16.5. The van der Waals surface area contributed by atoms with Gasteiger partial charge in [-0.1, -0.05) is 0 Å². The summed E-state index contributed by atoms with van der Waals surface area (Å²) in [5, 5.41) is 4.28. The average molecular weight is 428 g/mol. The van der Waals surface area contributed by atoms with Crippen LogP contribution in [0.5, 0.6) is 17.2 Å². The molecule has 2 aromatic rings. The molecule has 0 aromatic heterocycles. The summed E-state index contributed by atoms with van der Waals surface area (Å²) >= 11 is 0. The molecular weight excluding hydrogens is 398 g/mol. The van der Waals surface area contributed by atoms with Crippen LogP contribution in [0.3, 0.4) is 0 Å². The van der Waals surface area contributed by atoms with Crippen molar-refractivity contribution in [3.05, 3.63) is 53.1 Å². The predicted molar refractivity (Wildman–Crippen MR) is 118 cm³/mol. The summed E-state index contributed by atoms with van der Waals surface area (Å²) < 4.78 is 21.4. The van der Waals surface area contributed by atoms with Gasteiger partial charge in [0.15, 0.2) is 11.5 Å². The Morgan fingerprint density at radius 3 is 2.29 bits per heavy atom. The van der Waals surface area contributed by atoms with Crippen molar-refractivity contribution in [1.82, 2.24) is 10.3 Å². The third kappa shape index (κ3) is 5.74. The molecule has 0 aliphatic carbocycles. The van der Waals surface area contributed by atoms with Gasteiger partial charge < -0.3 is 18.9 Å². The molecule has 0 unspecified atom stereocenters. The lowest BCUT2D eigenvalue weighted by Gasteiger charge is -2.27. The molecule has 1 N–H and O–H groups in total. The minimum Gasteiger partial charge on any atom is -0.496 e. The quantitative estimate of drug-likeness (QED) is 0.515. The van der Waals surface area contributed by atoms with Gasteiger partial charge in [0.25, 0.3) is 5.91 Å². The number of morpholine rings is 1. The summed E-state index contributed by atoms with van der Waals surface area (Å²) in [4.78, 5) is 14.9. The van der Waals surface area contributed by atoms with Crippen LogP contribution in [-0.2, 0) is 11.3 Å². The molecule has 1 aliphatic heterocycles. The van der Waals surface area contributed by atoms with Gasteiger partial charge in [-0.3, -0.25) is 9.69 Å². The molecular formula is C23H29N3O5. The van der Waals surface area contributed by atoms with Crippen molar-refractivity contribution in [1.29, 1.82) is 0 Å². The largest absolute Gasteiger partial charge is 0.496 e. The third-order valence-corrected chi connectivity index (χ3v) is 5.17. The molecule has 1 aliphatic rings. The summed E-state index contributed by atoms with van der Waals surface area (Å²) in [5.41, 5.74) is 5.72. The Bertz CT molecular complexity index is 939. The molecule has 1 heterocycles. The van der Waals surface area contributed by atoms with Crippen LogP contribution in [0, 0.1) is 0 Å². The average Bonchev–Trinajstić information content (AvgIpc) is 2.82. The topological polar surface area (TPSA) is 81.6 Å². The number of nitrogens with one attached hydrogen (secondary N) is 1. The molecule has 0 saturated carbocycles. The summed E-state index contributed by atoms with van der Waals surface area (Å²) in [6.45, 7) is 5.89. The van der Waals surface area contributed by atoms with E-state index in [2.05, 4.69) is 21.5 Å². The highest BCUT2D eigenvalue weighted by Crippen LogP contribution is 2.27. The molecule has 2 aromatic carbocycles. The van der Waals surface area contributed by atoms with Gasteiger partial charge in [-0.05, 0) is 48.9 Å². The van der Waals surface area contributed by atoms with Gasteiger partial charge in [0.2, 0.25) is 0 Å². The minimum atomic E-state index is -0.331. The van der Waals surface area contributed by atoms with E-state index in [1.54, 1.807) is 32.4 Å². The Hall–Kier alpha value is -3.10. The predicted octanol–water partition coefficient (Wildman–Crippen LogP) is 2.70. The fraction of sp³-hybridized carbons (Fsp3) is 0.391. The number of carbonyl (C=O) groups excluding carboxylic acids is 1. The van der Waals surface area contributed by atoms with Crippen molar-refractivity contribution < 1.29 is 23.7 Å². The number of rotatable bonds is 8. The van der Waals surface area contributed by atoms with Crippen molar-refractivity contribution in [2.24, 2.45) is 5.10 Å². The van der Waals surface area contributed by atoms with E-state index < -0.39 is 0 Å². The molecule has 31 heavy (non-hydrogen) atoms. The summed E-state index contributed by atoms with van der Waals surface area (Å²) in [6.07, 6.45) is 0. The SMILES string of the molecule is COc1ccc(/C(C)=N\NC(=O)c2ccc(OC)c(OC)c2)cc1CN1CCOCC1. The number of amides is 1. The fourth-order valence-electron chi connectivity index (χ4n) is 3.37. The number of methoxy groups -OCH3 is 3. The molecule has 0 atom stereocenters. The molecule has 8 nitrogen and oxygen atoms in total. The second-order valence-corrected chi connectivity index (χ2v) is 7.12. The number of hydrogen-bond donors (Lipinski definition) is 1. The highest BCUT2D eigenvalue weighted by molar-refractivity contribution is 6.01. The molecule has 0 radical (unpaired) electrons. The summed E-state index contributed by atoms with van der Waals surface area (Å²) in [5.74, 6) is 1.54. The van der Waals surface area contributed by atoms with E-state index in [0.717, 1.165) is 49.7 Å². The molecule has 1 amide bonds. The first-order valence-electron chi connectivity index (χ1n) is 10.1. The second kappa shape index (κ2) is 10.8. The molecule has 8 heteroatoms. The van der Waals surface area contributed by atoms with Gasteiger partial charge in [-0.25, -0.2) is 5.43 Å². The smallest absolute Gasteiger partial charge is 0.271 e. The van der Waals surface area contributed by atoms with E-state index in [4.69, 9.17) is 18.9 Å². The summed E-state index contributed by atoms with van der Waals surface area (Å²) in [7, 11) is 4.75. The Kier molecular flexibility index (Phi) is 7.86. The zero-order valence-electron chi connectivity index (χ0n) is 18.4. The number of benzene rings is 2. The molecule has 3 rings (SSSR count). The van der Waals surface area contributed by atoms with Crippen LogP contribution in [-0.4, -0.2) is 64.2 Å². The van der Waals surface area contributed by atoms with Gasteiger partial charge in [0, 0.05) is 30.8 Å². The van der Waals surface area contributed by atoms with Crippen LogP contribution in [0.1, 0.15) is 28.4 Å². The van der Waals surface area contributed by atoms with Gasteiger partial charge in [-0.2, -0.15) is 5.10 Å². The first-order valence-corrected chi connectivity index (χ1v) is 10.1. The van der Waals surface area contributed by atoms with Gasteiger partial charge in [0.05, 0.1) is 40.3 Å². The summed E-state index contributed by atoms with van der Waals surface area (Å²) in [6, 6.07) is 10.9. The first kappa shape index (κ1) is 22.6. The normalized spacial score (nSPS) is 14.8. The third-order valence-electron chi connectivity index (χ3n) is 5.17. The fourth-order valence-corrected chi connectivity index (χ4v) is 3.37. The second-order valence-electron chi connectivity index (χ2n) is 7.12. The highest BCUT2D eigenvalue weighted by Gasteiger charge is 2.15. The Morgan fingerprint density at radius 2 is 1.61 bits per heavy atom. The maximum absolute atomic E-state index is 12.5. The van der Waals surface area contributed by atoms with E-state index in [0.29, 0.717) is 22.8 Å². The molecule has 1 saturated heterocycles. The number of ether oxygens (including phenoxy) is 4. The van der Waals surface area contributed by atoms with E-state index in [-0.39, 0.29) is 5.91 Å². The first-order chi connectivity index (χ1) is 15.0. The van der Waals surface area contributed by atoms with Gasteiger partial charge in [-0.15, -0.1) is 0 Å². The molecule has 0 spiro atoms. The number of hydrogen-bond acceptors (Lipinski definition) is 7. The van der Waals surface area contributed by atoms with Crippen molar-refractivity contribution in [2.45, 2.75) is 13.5 Å². The van der Waals surface area contributed by atoms with Crippen LogP contribution in [0.25, 0.3) is 0 Å². The molecule has 166 valence electrons. The van der Waals surface area contributed by atoms with Crippen LogP contribution in [0.15, 0.2) is 41.5 Å². The van der Waals surface area contributed by atoms with Crippen molar-refractivity contribution >= 4 is 11.6 Å². The van der Waals surface area contributed by atoms with E-state index in [9.17, 15) is 4.79 Å². The van der Waals surface area contributed by atoms with E-state index >= 15 is 0 Å². The lowest BCUT2D eigenvalue weighted by atomic mass is 10.1. The molecule has 1 fully saturated rings.